The fourth-order valence-electron chi connectivity index (χ4n) is 6.19. The Morgan fingerprint density at radius 2 is 2.14 bits per heavy atom. The van der Waals surface area contributed by atoms with Crippen molar-refractivity contribution in [2.45, 2.75) is 77.6 Å². The van der Waals surface area contributed by atoms with Crippen LogP contribution in [0.2, 0.25) is 0 Å². The predicted octanol–water partition coefficient (Wildman–Crippen LogP) is 3.96. The number of Topliss-reactive ketones (excluding diaryl/α,β-unsaturated/α-hetero) is 1. The van der Waals surface area contributed by atoms with E-state index in [4.69, 9.17) is 8.28 Å². The van der Waals surface area contributed by atoms with Gasteiger partial charge in [-0.25, -0.2) is 0 Å². The van der Waals surface area contributed by atoms with Gasteiger partial charge in [-0.1, -0.05) is 13.8 Å². The summed E-state index contributed by atoms with van der Waals surface area (Å²) < 4.78 is 50.3. The topological polar surface area (TPSA) is 37.3 Å². The van der Waals surface area contributed by atoms with Crippen molar-refractivity contribution < 1.29 is 16.8 Å². The molecule has 0 aliphatic heterocycles. The summed E-state index contributed by atoms with van der Waals surface area (Å²) in [6, 6.07) is 0. The van der Waals surface area contributed by atoms with Crippen LogP contribution in [0.15, 0.2) is 0 Å². The summed E-state index contributed by atoms with van der Waals surface area (Å²) in [5, 5.41) is 4.52. The molecule has 0 spiro atoms. The van der Waals surface area contributed by atoms with E-state index >= 15 is 0 Å². The van der Waals surface area contributed by atoms with Crippen LogP contribution in [0.3, 0.4) is 0 Å². The summed E-state index contributed by atoms with van der Waals surface area (Å²) in [7, 11) is 0. The van der Waals surface area contributed by atoms with Crippen LogP contribution in [0.25, 0.3) is 0 Å². The van der Waals surface area contributed by atoms with Crippen molar-refractivity contribution in [3.05, 3.63) is 0 Å². The van der Waals surface area contributed by atoms with E-state index in [0.717, 1.165) is 25.7 Å². The Morgan fingerprint density at radius 3 is 2.95 bits per heavy atom. The zero-order valence-electron chi connectivity index (χ0n) is 19.1. The highest BCUT2D eigenvalue weighted by molar-refractivity contribution is 5.87. The maximum absolute atomic E-state index is 12.5. The van der Waals surface area contributed by atoms with E-state index in [2.05, 4.69) is 12.0 Å². The van der Waals surface area contributed by atoms with Gasteiger partial charge < -0.3 is 5.11 Å². The van der Waals surface area contributed by atoms with Crippen LogP contribution in [0.4, 0.5) is 0 Å². The monoisotopic (exact) mass is 296 g/mol. The van der Waals surface area contributed by atoms with Crippen molar-refractivity contribution in [1.29, 1.82) is 1.43 Å². The van der Waals surface area contributed by atoms with Gasteiger partial charge in [-0.3, -0.25) is 4.79 Å². The lowest BCUT2D eigenvalue weighted by Gasteiger charge is -2.60. The Balaban J connectivity index is 1.78. The van der Waals surface area contributed by atoms with Crippen LogP contribution >= 0.6 is 0 Å². The molecular formula is C19H30O2. The molecule has 0 aromatic heterocycles. The van der Waals surface area contributed by atoms with Crippen molar-refractivity contribution in [2.24, 2.45) is 34.5 Å². The highest BCUT2D eigenvalue weighted by atomic mass is 16.3. The Morgan fingerprint density at radius 1 is 1.29 bits per heavy atom. The normalized spacial score (nSPS) is 69.0. The van der Waals surface area contributed by atoms with Gasteiger partial charge in [0.2, 0.25) is 1.43 Å². The number of aliphatic hydroxyl groups is 1. The number of ketones is 1. The van der Waals surface area contributed by atoms with Gasteiger partial charge in [0.25, 0.3) is 0 Å². The Bertz CT molecular complexity index is 669. The smallest absolute Gasteiger partial charge is 0.210 e. The van der Waals surface area contributed by atoms with Gasteiger partial charge in [0.1, 0.15) is 5.78 Å². The first-order valence-corrected chi connectivity index (χ1v) is 8.54. The minimum absolute atomic E-state index is 0.000540. The molecule has 4 saturated carbocycles. The molecule has 0 aromatic carbocycles. The first kappa shape index (κ1) is 9.05. The summed E-state index contributed by atoms with van der Waals surface area (Å²) in [4.78, 5) is 12.5. The second-order valence-electron chi connectivity index (χ2n) is 8.23. The Kier molecular flexibility index (Phi) is 1.97. The first-order chi connectivity index (χ1) is 12.4. The van der Waals surface area contributed by atoms with Crippen molar-refractivity contribution >= 4 is 5.78 Å². The summed E-state index contributed by atoms with van der Waals surface area (Å²) >= 11 is 0. The van der Waals surface area contributed by atoms with Crippen LogP contribution in [0.5, 0.6) is 0 Å². The molecule has 21 heavy (non-hydrogen) atoms. The number of fused-ring (bicyclic) bond motifs is 5. The van der Waals surface area contributed by atoms with E-state index in [9.17, 15) is 4.79 Å². The van der Waals surface area contributed by atoms with E-state index in [1.165, 1.54) is 0 Å². The molecule has 1 N–H and O–H groups in total. The average Bonchev–Trinajstić information content (AvgIpc) is 2.91. The highest BCUT2D eigenvalue weighted by Crippen LogP contribution is 2.65. The van der Waals surface area contributed by atoms with Crippen LogP contribution < -0.4 is 0 Å². The number of carbonyl (C=O) groups is 1. The van der Waals surface area contributed by atoms with Crippen LogP contribution in [0.1, 0.15) is 78.4 Å². The third kappa shape index (κ3) is 1.84. The second-order valence-corrected chi connectivity index (χ2v) is 8.23. The van der Waals surface area contributed by atoms with Gasteiger partial charge in [0.05, 0.1) is 7.45 Å². The molecule has 2 nitrogen and oxygen atoms in total. The average molecular weight is 296 g/mol. The van der Waals surface area contributed by atoms with Gasteiger partial charge in [-0.15, -0.1) is 0 Å². The van der Waals surface area contributed by atoms with E-state index in [-0.39, 0.29) is 35.5 Å². The van der Waals surface area contributed by atoms with Crippen molar-refractivity contribution in [1.82, 2.24) is 0 Å². The highest BCUT2D eigenvalue weighted by Gasteiger charge is 2.60. The molecule has 0 aromatic rings. The van der Waals surface area contributed by atoms with Crippen molar-refractivity contribution in [2.75, 3.05) is 0 Å². The van der Waals surface area contributed by atoms with Gasteiger partial charge >= 0.3 is 0 Å². The molecule has 2 heteroatoms. The third-order valence-corrected chi connectivity index (χ3v) is 7.52. The molecule has 118 valence electrons. The lowest BCUT2D eigenvalue weighted by Crippen LogP contribution is -2.54. The van der Waals surface area contributed by atoms with Crippen molar-refractivity contribution in [3.8, 4) is 0 Å². The van der Waals surface area contributed by atoms with Gasteiger partial charge in [0, 0.05) is 17.3 Å². The largest absolute Gasteiger partial charge is 0.393 e. The molecule has 4 fully saturated rings. The molecular weight excluding hydrogens is 260 g/mol. The minimum atomic E-state index is -2.58. The summed E-state index contributed by atoms with van der Waals surface area (Å²) in [5.74, 6) is 0.645. The third-order valence-electron chi connectivity index (χ3n) is 7.52. The molecule has 0 amide bonds. The van der Waals surface area contributed by atoms with E-state index in [1.54, 1.807) is 0 Å². The minimum Gasteiger partial charge on any atom is -0.393 e. The molecule has 0 radical (unpaired) electrons. The fraction of sp³-hybridized carbons (Fsp3) is 0.947. The summed E-state index contributed by atoms with van der Waals surface area (Å²) in [6.07, 6.45) is -2.45. The number of hydrogen-bond acceptors (Lipinski definition) is 2. The zero-order valence-corrected chi connectivity index (χ0v) is 13.1. The quantitative estimate of drug-likeness (QED) is 0.795. The number of carbonyl (C=O) groups excluding carboxylic acids is 1. The van der Waals surface area contributed by atoms with Gasteiger partial charge in [0.15, 0.2) is 0 Å². The second kappa shape index (κ2) is 4.57. The number of rotatable bonds is 1. The Labute approximate surface area is 137 Å². The predicted molar refractivity (Wildman–Crippen MR) is 82.7 cm³/mol. The molecule has 4 aliphatic rings. The zero-order chi connectivity index (χ0) is 20.0. The Hall–Kier alpha value is -0.370. The van der Waals surface area contributed by atoms with Crippen LogP contribution in [-0.2, 0) is 4.79 Å². The standard InChI is InChI=1S/C19H30O2/c1-18-9-7-13(20)11-12(18)3-4-14-15-5-6-17(21)19(15,2)10-8-16(14)18/h12-16,20H,3-11H2,1-2H3/t12-,13-,14+,15+,16+,18+,19+/m1/s1/i7D2,9D2,13D,20D. The molecule has 0 heterocycles. The lowest BCUT2D eigenvalue weighted by atomic mass is 9.45. The fourth-order valence-corrected chi connectivity index (χ4v) is 6.19. The SMILES string of the molecule is [2H]O[C@@]1([2H])C[C@H]2CC[C@@H]3[C@H](CC[C@]4(C)C(=O)CC[C@@H]34)[C@@]2(C)C([2H])([2H])C1([2H])[2H]. The first-order valence-electron chi connectivity index (χ1n) is 11.5. The molecule has 0 unspecified atom stereocenters. The summed E-state index contributed by atoms with van der Waals surface area (Å²) in [6.45, 7) is 3.95. The van der Waals surface area contributed by atoms with Crippen LogP contribution in [-0.4, -0.2) is 18.4 Å². The molecule has 4 aliphatic carbocycles. The molecule has 0 bridgehead atoms. The molecule has 4 rings (SSSR count). The lowest BCUT2D eigenvalue weighted by molar-refractivity contribution is -0.142. The van der Waals surface area contributed by atoms with Gasteiger partial charge in [-0.2, -0.15) is 0 Å². The van der Waals surface area contributed by atoms with Gasteiger partial charge in [-0.05, 0) is 80.4 Å². The molecule has 0 saturated heterocycles. The van der Waals surface area contributed by atoms with E-state index in [0.29, 0.717) is 18.6 Å². The number of hydrogen-bond donors (Lipinski definition) is 1. The summed E-state index contributed by atoms with van der Waals surface area (Å²) in [5.41, 5.74) is -1.22. The van der Waals surface area contributed by atoms with Crippen molar-refractivity contribution in [3.63, 3.8) is 0 Å². The van der Waals surface area contributed by atoms with E-state index in [1.807, 2.05) is 6.92 Å². The maximum atomic E-state index is 12.5. The van der Waals surface area contributed by atoms with Crippen LogP contribution in [0, 0.1) is 34.5 Å². The molecule has 7 atom stereocenters. The maximum Gasteiger partial charge on any atom is 0.210 e. The van der Waals surface area contributed by atoms with E-state index < -0.39 is 24.2 Å².